The number of ether oxygens (including phenoxy) is 1. The van der Waals surface area contributed by atoms with Gasteiger partial charge in [0.2, 0.25) is 11.9 Å². The summed E-state index contributed by atoms with van der Waals surface area (Å²) in [6, 6.07) is 24.9. The van der Waals surface area contributed by atoms with Crippen molar-refractivity contribution in [2.75, 3.05) is 43.9 Å². The second kappa shape index (κ2) is 16.0. The molecule has 3 aromatic carbocycles. The monoisotopic (exact) mass is 601 g/mol. The van der Waals surface area contributed by atoms with Crippen LogP contribution in [0, 0.1) is 5.41 Å². The fourth-order valence-electron chi connectivity index (χ4n) is 4.32. The van der Waals surface area contributed by atoms with E-state index in [1.165, 1.54) is 0 Å². The summed E-state index contributed by atoms with van der Waals surface area (Å²) in [6.07, 6.45) is 1.73. The van der Waals surface area contributed by atoms with Crippen LogP contribution in [-0.4, -0.2) is 70.2 Å². The molecule has 5 N–H and O–H groups in total. The molecule has 11 nitrogen and oxygen atoms in total. The first kappa shape index (κ1) is 31.2. The first-order chi connectivity index (χ1) is 20.9. The maximum atomic E-state index is 13.0. The van der Waals surface area contributed by atoms with E-state index in [2.05, 4.69) is 43.3 Å². The maximum Gasteiger partial charge on any atom is 0.323 e. The number of rotatable bonds is 9. The molecule has 1 amide bonds. The van der Waals surface area contributed by atoms with Gasteiger partial charge in [-0.1, -0.05) is 54.1 Å². The van der Waals surface area contributed by atoms with Crippen LogP contribution in [0.5, 0.6) is 6.01 Å². The Hall–Kier alpha value is -4.74. The molecule has 1 saturated heterocycles. The lowest BCUT2D eigenvalue weighted by molar-refractivity contribution is 0.0763. The zero-order valence-corrected chi connectivity index (χ0v) is 24.8. The Morgan fingerprint density at radius 2 is 1.63 bits per heavy atom. The van der Waals surface area contributed by atoms with Crippen LogP contribution in [0.3, 0.4) is 0 Å². The van der Waals surface area contributed by atoms with Crippen molar-refractivity contribution in [1.29, 1.82) is 5.41 Å². The number of carbonyl (C=O) groups is 1. The van der Waals surface area contributed by atoms with E-state index in [1.54, 1.807) is 0 Å². The number of aromatic nitrogens is 3. The van der Waals surface area contributed by atoms with Gasteiger partial charge in [-0.25, -0.2) is 0 Å². The molecule has 0 atom stereocenters. The van der Waals surface area contributed by atoms with Gasteiger partial charge in [0.05, 0.1) is 6.34 Å². The maximum absolute atomic E-state index is 13.0. The third kappa shape index (κ3) is 9.94. The minimum Gasteiger partial charge on any atom is -0.458 e. The number of amides is 1. The molecule has 0 aliphatic carbocycles. The van der Waals surface area contributed by atoms with E-state index in [0.717, 1.165) is 55.8 Å². The highest BCUT2D eigenvalue weighted by atomic mass is 35.5. The quantitative estimate of drug-likeness (QED) is 0.157. The number of anilines is 3. The molecule has 2 heterocycles. The molecule has 5 rings (SSSR count). The number of nitrogens with zero attached hydrogens (tertiary/aromatic N) is 5. The van der Waals surface area contributed by atoms with Crippen molar-refractivity contribution < 1.29 is 9.53 Å². The smallest absolute Gasteiger partial charge is 0.323 e. The summed E-state index contributed by atoms with van der Waals surface area (Å²) >= 11 is 6.01. The Morgan fingerprint density at radius 1 is 0.930 bits per heavy atom. The first-order valence-electron chi connectivity index (χ1n) is 13.9. The SMILES string of the molecule is CN1CCCN(C(=O)c2ccc(Nc3nc(NCc4ccc(Cl)cc4)nc(OCc4ccccc4)n3)cc2)CC1.N=CN. The number of nitrogens with two attached hydrogens (primary N) is 1. The lowest BCUT2D eigenvalue weighted by Crippen LogP contribution is -2.34. The summed E-state index contributed by atoms with van der Waals surface area (Å²) in [7, 11) is 2.09. The van der Waals surface area contributed by atoms with E-state index in [1.807, 2.05) is 83.8 Å². The van der Waals surface area contributed by atoms with Gasteiger partial charge >= 0.3 is 6.01 Å². The molecule has 0 bridgehead atoms. The van der Waals surface area contributed by atoms with Gasteiger partial charge in [0.25, 0.3) is 5.91 Å². The highest BCUT2D eigenvalue weighted by Crippen LogP contribution is 2.20. The normalized spacial score (nSPS) is 13.2. The lowest BCUT2D eigenvalue weighted by Gasteiger charge is -2.20. The Morgan fingerprint density at radius 3 is 2.35 bits per heavy atom. The molecule has 0 unspecified atom stereocenters. The standard InChI is InChI=1S/C30H32ClN7O2.CH4N2/c1-37-16-5-17-38(19-18-37)27(39)24-10-14-26(15-11-24)33-29-34-28(32-20-22-8-12-25(31)13-9-22)35-30(36-29)40-21-23-6-3-2-4-7-23;2-1-3/h2-4,6-15H,5,16-21H2,1H3,(H2,32,33,34,35,36);1H,(H3,2,3). The average molecular weight is 602 g/mol. The third-order valence-electron chi connectivity index (χ3n) is 6.58. The van der Waals surface area contributed by atoms with E-state index in [-0.39, 0.29) is 11.9 Å². The van der Waals surface area contributed by atoms with Crippen LogP contribution in [0.4, 0.5) is 17.6 Å². The zero-order chi connectivity index (χ0) is 30.4. The van der Waals surface area contributed by atoms with Gasteiger partial charge in [-0.05, 0) is 67.5 Å². The molecule has 1 aliphatic heterocycles. The van der Waals surface area contributed by atoms with Crippen molar-refractivity contribution in [2.45, 2.75) is 19.6 Å². The molecule has 0 radical (unpaired) electrons. The number of carbonyl (C=O) groups excluding carboxylic acids is 1. The van der Waals surface area contributed by atoms with Crippen LogP contribution in [0.2, 0.25) is 5.02 Å². The number of benzene rings is 3. The fraction of sp³-hybridized carbons (Fsp3) is 0.258. The zero-order valence-electron chi connectivity index (χ0n) is 24.0. The van der Waals surface area contributed by atoms with Crippen molar-refractivity contribution in [3.8, 4) is 6.01 Å². The van der Waals surface area contributed by atoms with Crippen LogP contribution < -0.4 is 21.1 Å². The van der Waals surface area contributed by atoms with Crippen molar-refractivity contribution in [1.82, 2.24) is 24.8 Å². The fourth-order valence-corrected chi connectivity index (χ4v) is 4.44. The molecule has 0 spiro atoms. The van der Waals surface area contributed by atoms with Crippen molar-refractivity contribution >= 4 is 41.4 Å². The van der Waals surface area contributed by atoms with Crippen LogP contribution in [0.15, 0.2) is 78.9 Å². The number of halogens is 1. The summed E-state index contributed by atoms with van der Waals surface area (Å²) in [6.45, 7) is 4.22. The average Bonchev–Trinajstić information content (AvgIpc) is 3.25. The molecule has 43 heavy (non-hydrogen) atoms. The minimum absolute atomic E-state index is 0.0484. The molecule has 224 valence electrons. The number of nitrogens with one attached hydrogen (secondary N) is 3. The van der Waals surface area contributed by atoms with Gasteiger partial charge in [0, 0.05) is 42.5 Å². The third-order valence-corrected chi connectivity index (χ3v) is 6.84. The van der Waals surface area contributed by atoms with Crippen molar-refractivity contribution in [3.05, 3.63) is 101 Å². The summed E-state index contributed by atoms with van der Waals surface area (Å²) < 4.78 is 5.90. The molecule has 4 aromatic rings. The Kier molecular flexibility index (Phi) is 11.6. The molecule has 1 fully saturated rings. The Balaban J connectivity index is 0.00000135. The largest absolute Gasteiger partial charge is 0.458 e. The molecule has 12 heteroatoms. The Labute approximate surface area is 256 Å². The first-order valence-corrected chi connectivity index (χ1v) is 14.3. The summed E-state index contributed by atoms with van der Waals surface area (Å²) in [5.74, 6) is 0.743. The molecule has 1 aliphatic rings. The van der Waals surface area contributed by atoms with E-state index in [0.29, 0.717) is 35.6 Å². The lowest BCUT2D eigenvalue weighted by atomic mass is 10.1. The number of likely N-dealkylation sites (N-methyl/N-ethyl adjacent to an activating group) is 1. The van der Waals surface area contributed by atoms with Gasteiger partial charge in [-0.15, -0.1) is 0 Å². The topological polar surface area (TPSA) is 145 Å². The molecule has 1 aromatic heterocycles. The van der Waals surface area contributed by atoms with Gasteiger partial charge in [0.1, 0.15) is 6.61 Å². The second-order valence-corrected chi connectivity index (χ2v) is 10.3. The van der Waals surface area contributed by atoms with E-state index in [9.17, 15) is 4.79 Å². The van der Waals surface area contributed by atoms with Crippen LogP contribution >= 0.6 is 11.6 Å². The van der Waals surface area contributed by atoms with E-state index in [4.69, 9.17) is 21.7 Å². The summed E-state index contributed by atoms with van der Waals surface area (Å²) in [5, 5.41) is 13.0. The van der Waals surface area contributed by atoms with E-state index < -0.39 is 0 Å². The number of hydrogen-bond donors (Lipinski definition) is 4. The highest BCUT2D eigenvalue weighted by Gasteiger charge is 2.19. The second-order valence-electron chi connectivity index (χ2n) is 9.84. The predicted octanol–water partition coefficient (Wildman–Crippen LogP) is 4.79. The van der Waals surface area contributed by atoms with Crippen LogP contribution in [-0.2, 0) is 13.2 Å². The van der Waals surface area contributed by atoms with Gasteiger partial charge in [-0.2, -0.15) is 15.0 Å². The predicted molar refractivity (Wildman–Crippen MR) is 170 cm³/mol. The minimum atomic E-state index is 0.0484. The molecular weight excluding hydrogens is 566 g/mol. The summed E-state index contributed by atoms with van der Waals surface area (Å²) in [5.41, 5.74) is 7.82. The van der Waals surface area contributed by atoms with Crippen molar-refractivity contribution in [2.24, 2.45) is 5.73 Å². The molecular formula is C31H36ClN9O2. The van der Waals surface area contributed by atoms with Gasteiger partial charge < -0.3 is 30.9 Å². The number of hydrogen-bond acceptors (Lipinski definition) is 9. The van der Waals surface area contributed by atoms with Gasteiger partial charge in [0.15, 0.2) is 0 Å². The summed E-state index contributed by atoms with van der Waals surface area (Å²) in [4.78, 5) is 30.7. The van der Waals surface area contributed by atoms with Crippen LogP contribution in [0.25, 0.3) is 0 Å². The van der Waals surface area contributed by atoms with E-state index >= 15 is 0 Å². The Bertz CT molecular complexity index is 1450. The molecule has 0 saturated carbocycles. The van der Waals surface area contributed by atoms with Crippen LogP contribution in [0.1, 0.15) is 27.9 Å². The highest BCUT2D eigenvalue weighted by molar-refractivity contribution is 6.30. The van der Waals surface area contributed by atoms with Crippen molar-refractivity contribution in [3.63, 3.8) is 0 Å². The van der Waals surface area contributed by atoms with Gasteiger partial charge in [-0.3, -0.25) is 10.2 Å².